The lowest BCUT2D eigenvalue weighted by Crippen LogP contribution is -2.56. The molecule has 0 aromatic rings. The van der Waals surface area contributed by atoms with Gasteiger partial charge in [-0.25, -0.2) is 0 Å². The second-order valence-electron chi connectivity index (χ2n) is 4.38. The number of rotatable bonds is 4. The Morgan fingerprint density at radius 1 is 1.60 bits per heavy atom. The largest absolute Gasteiger partial charge is 0.480 e. The molecule has 1 aliphatic rings. The van der Waals surface area contributed by atoms with Crippen molar-refractivity contribution in [3.8, 4) is 0 Å². The van der Waals surface area contributed by atoms with Crippen LogP contribution in [0.5, 0.6) is 0 Å². The van der Waals surface area contributed by atoms with Crippen LogP contribution in [0.4, 0.5) is 0 Å². The molecule has 0 radical (unpaired) electrons. The van der Waals surface area contributed by atoms with E-state index in [4.69, 9.17) is 5.73 Å². The summed E-state index contributed by atoms with van der Waals surface area (Å²) < 4.78 is 0. The van der Waals surface area contributed by atoms with Crippen molar-refractivity contribution in [2.24, 2.45) is 5.73 Å². The Morgan fingerprint density at radius 3 is 2.73 bits per heavy atom. The highest BCUT2D eigenvalue weighted by Crippen LogP contribution is 2.25. The van der Waals surface area contributed by atoms with E-state index in [1.807, 2.05) is 6.92 Å². The van der Waals surface area contributed by atoms with Crippen LogP contribution in [0.15, 0.2) is 0 Å². The standard InChI is InChI=1S/C11H22N2O2/c1-3-10(11(14)15)13-8(2)5-4-6-9(13)7-12/h8-10H,3-7,12H2,1-2H3,(H,14,15). The molecule has 88 valence electrons. The zero-order valence-electron chi connectivity index (χ0n) is 9.65. The van der Waals surface area contributed by atoms with E-state index in [-0.39, 0.29) is 12.1 Å². The number of nitrogens with two attached hydrogens (primary N) is 1. The summed E-state index contributed by atoms with van der Waals surface area (Å²) in [5.74, 6) is -0.718. The van der Waals surface area contributed by atoms with Crippen LogP contribution in [0, 0.1) is 0 Å². The van der Waals surface area contributed by atoms with Crippen LogP contribution in [0.3, 0.4) is 0 Å². The highest BCUT2D eigenvalue weighted by molar-refractivity contribution is 5.73. The normalized spacial score (nSPS) is 30.1. The van der Waals surface area contributed by atoms with Gasteiger partial charge in [0, 0.05) is 18.6 Å². The number of aliphatic carboxylic acids is 1. The Kier molecular flexibility index (Phi) is 4.54. The van der Waals surface area contributed by atoms with Crippen molar-refractivity contribution >= 4 is 5.97 Å². The molecule has 0 saturated carbocycles. The van der Waals surface area contributed by atoms with E-state index in [0.717, 1.165) is 19.3 Å². The predicted molar refractivity (Wildman–Crippen MR) is 59.7 cm³/mol. The fourth-order valence-corrected chi connectivity index (χ4v) is 2.62. The quantitative estimate of drug-likeness (QED) is 0.734. The molecule has 0 amide bonds. The van der Waals surface area contributed by atoms with Gasteiger partial charge >= 0.3 is 5.97 Å². The van der Waals surface area contributed by atoms with Gasteiger partial charge in [-0.3, -0.25) is 9.69 Å². The minimum atomic E-state index is -0.718. The highest BCUT2D eigenvalue weighted by atomic mass is 16.4. The topological polar surface area (TPSA) is 66.6 Å². The molecule has 1 fully saturated rings. The summed E-state index contributed by atoms with van der Waals surface area (Å²) >= 11 is 0. The Hall–Kier alpha value is -0.610. The van der Waals surface area contributed by atoms with Crippen molar-refractivity contribution in [3.05, 3.63) is 0 Å². The van der Waals surface area contributed by atoms with Crippen LogP contribution < -0.4 is 5.73 Å². The van der Waals surface area contributed by atoms with Crippen LogP contribution in [0.2, 0.25) is 0 Å². The van der Waals surface area contributed by atoms with Crippen LogP contribution >= 0.6 is 0 Å². The number of piperidine rings is 1. The molecular formula is C11H22N2O2. The van der Waals surface area contributed by atoms with Crippen LogP contribution in [-0.2, 0) is 4.79 Å². The van der Waals surface area contributed by atoms with E-state index in [2.05, 4.69) is 11.8 Å². The molecular weight excluding hydrogens is 192 g/mol. The van der Waals surface area contributed by atoms with Crippen molar-refractivity contribution in [2.45, 2.75) is 57.7 Å². The van der Waals surface area contributed by atoms with Crippen molar-refractivity contribution < 1.29 is 9.90 Å². The number of carboxylic acids is 1. The molecule has 1 heterocycles. The van der Waals surface area contributed by atoms with Gasteiger partial charge in [0.1, 0.15) is 6.04 Å². The van der Waals surface area contributed by atoms with Gasteiger partial charge in [0.05, 0.1) is 0 Å². The van der Waals surface area contributed by atoms with Crippen molar-refractivity contribution in [3.63, 3.8) is 0 Å². The minimum absolute atomic E-state index is 0.245. The fourth-order valence-electron chi connectivity index (χ4n) is 2.62. The third kappa shape index (κ3) is 2.69. The Labute approximate surface area is 91.4 Å². The lowest BCUT2D eigenvalue weighted by Gasteiger charge is -2.43. The fraction of sp³-hybridized carbons (Fsp3) is 0.909. The third-order valence-corrected chi connectivity index (χ3v) is 3.39. The molecule has 0 aliphatic carbocycles. The van der Waals surface area contributed by atoms with Gasteiger partial charge < -0.3 is 10.8 Å². The number of carbonyl (C=O) groups is 1. The van der Waals surface area contributed by atoms with E-state index >= 15 is 0 Å². The Bertz CT molecular complexity index is 221. The summed E-state index contributed by atoms with van der Waals surface area (Å²) in [6.45, 7) is 4.59. The SMILES string of the molecule is CCC(C(=O)O)N1C(C)CCCC1CN. The highest BCUT2D eigenvalue weighted by Gasteiger charge is 2.35. The molecule has 15 heavy (non-hydrogen) atoms. The smallest absolute Gasteiger partial charge is 0.320 e. The molecule has 0 aromatic heterocycles. The molecule has 0 spiro atoms. The van der Waals surface area contributed by atoms with Crippen molar-refractivity contribution in [1.29, 1.82) is 0 Å². The summed E-state index contributed by atoms with van der Waals surface area (Å²) in [6.07, 6.45) is 3.93. The number of hydrogen-bond acceptors (Lipinski definition) is 3. The molecule has 3 N–H and O–H groups in total. The van der Waals surface area contributed by atoms with E-state index in [9.17, 15) is 9.90 Å². The van der Waals surface area contributed by atoms with Crippen molar-refractivity contribution in [2.75, 3.05) is 6.54 Å². The van der Waals surface area contributed by atoms with E-state index in [1.165, 1.54) is 0 Å². The van der Waals surface area contributed by atoms with Gasteiger partial charge in [-0.1, -0.05) is 13.3 Å². The molecule has 0 bridgehead atoms. The molecule has 3 atom stereocenters. The number of likely N-dealkylation sites (tertiary alicyclic amines) is 1. The monoisotopic (exact) mass is 214 g/mol. The van der Waals surface area contributed by atoms with Gasteiger partial charge in [0.25, 0.3) is 0 Å². The first kappa shape index (κ1) is 12.5. The molecule has 4 nitrogen and oxygen atoms in total. The first-order chi connectivity index (χ1) is 7.11. The van der Waals surface area contributed by atoms with Crippen LogP contribution in [0.25, 0.3) is 0 Å². The average molecular weight is 214 g/mol. The van der Waals surface area contributed by atoms with E-state index in [0.29, 0.717) is 19.0 Å². The molecule has 3 unspecified atom stereocenters. The number of nitrogens with zero attached hydrogens (tertiary/aromatic N) is 1. The van der Waals surface area contributed by atoms with Gasteiger partial charge in [-0.05, 0) is 26.2 Å². The molecule has 1 saturated heterocycles. The average Bonchev–Trinajstić information content (AvgIpc) is 2.21. The van der Waals surface area contributed by atoms with Gasteiger partial charge in [-0.2, -0.15) is 0 Å². The third-order valence-electron chi connectivity index (χ3n) is 3.39. The molecule has 4 heteroatoms. The molecule has 0 aromatic carbocycles. The number of carboxylic acid groups (broad SMARTS) is 1. The summed E-state index contributed by atoms with van der Waals surface area (Å²) in [7, 11) is 0. The molecule has 1 rings (SSSR count). The summed E-state index contributed by atoms with van der Waals surface area (Å²) in [5, 5.41) is 9.17. The maximum atomic E-state index is 11.2. The lowest BCUT2D eigenvalue weighted by molar-refractivity contribution is -0.146. The minimum Gasteiger partial charge on any atom is -0.480 e. The summed E-state index contributed by atoms with van der Waals surface area (Å²) in [4.78, 5) is 13.3. The number of hydrogen-bond donors (Lipinski definition) is 2. The second-order valence-corrected chi connectivity index (χ2v) is 4.38. The van der Waals surface area contributed by atoms with Gasteiger partial charge in [0.2, 0.25) is 0 Å². The second kappa shape index (κ2) is 5.47. The maximum Gasteiger partial charge on any atom is 0.320 e. The van der Waals surface area contributed by atoms with Crippen LogP contribution in [-0.4, -0.2) is 40.6 Å². The first-order valence-corrected chi connectivity index (χ1v) is 5.82. The zero-order chi connectivity index (χ0) is 11.4. The Morgan fingerprint density at radius 2 is 2.27 bits per heavy atom. The Balaban J connectivity index is 2.79. The van der Waals surface area contributed by atoms with Crippen molar-refractivity contribution in [1.82, 2.24) is 4.90 Å². The van der Waals surface area contributed by atoms with Gasteiger partial charge in [0.15, 0.2) is 0 Å². The molecule has 1 aliphatic heterocycles. The van der Waals surface area contributed by atoms with E-state index in [1.54, 1.807) is 0 Å². The summed E-state index contributed by atoms with van der Waals surface area (Å²) in [6, 6.07) is 0.219. The predicted octanol–water partition coefficient (Wildman–Crippen LogP) is 1.05. The first-order valence-electron chi connectivity index (χ1n) is 5.82. The maximum absolute atomic E-state index is 11.2. The zero-order valence-corrected chi connectivity index (χ0v) is 9.65. The lowest BCUT2D eigenvalue weighted by atomic mass is 9.93. The summed E-state index contributed by atoms with van der Waals surface area (Å²) in [5.41, 5.74) is 5.71. The van der Waals surface area contributed by atoms with Crippen LogP contribution in [0.1, 0.15) is 39.5 Å². The van der Waals surface area contributed by atoms with Gasteiger partial charge in [-0.15, -0.1) is 0 Å². The van der Waals surface area contributed by atoms with E-state index < -0.39 is 5.97 Å².